The lowest BCUT2D eigenvalue weighted by Gasteiger charge is -2.14. The third-order valence-corrected chi connectivity index (χ3v) is 2.96. The van der Waals surface area contributed by atoms with Crippen molar-refractivity contribution in [1.82, 2.24) is 0 Å². The first-order chi connectivity index (χ1) is 5.93. The Kier molecular flexibility index (Phi) is 5.42. The predicted molar refractivity (Wildman–Crippen MR) is 50.6 cm³/mol. The maximum atomic E-state index is 10.7. The summed E-state index contributed by atoms with van der Waals surface area (Å²) in [5, 5.41) is 10.7. The summed E-state index contributed by atoms with van der Waals surface area (Å²) in [4.78, 5) is 0. The molecule has 0 saturated heterocycles. The molecule has 0 heterocycles. The zero-order chi connectivity index (χ0) is 8.65. The summed E-state index contributed by atoms with van der Waals surface area (Å²) in [6.07, 6.45) is 11.9. The van der Waals surface area contributed by atoms with Gasteiger partial charge in [0.25, 0.3) is 0 Å². The molecule has 0 N–H and O–H groups in total. The van der Waals surface area contributed by atoms with Crippen LogP contribution < -0.4 is 0 Å². The molecule has 0 amide bonds. The molecule has 1 fully saturated rings. The molecule has 1 aliphatic carbocycles. The maximum absolute atomic E-state index is 10.7. The second kappa shape index (κ2) is 6.47. The zero-order valence-corrected chi connectivity index (χ0v) is 8.06. The lowest BCUT2D eigenvalue weighted by atomic mass is 9.93. The third-order valence-electron chi connectivity index (χ3n) is 2.96. The first-order valence-electron chi connectivity index (χ1n) is 5.51. The molecule has 12 heavy (non-hydrogen) atoms. The van der Waals surface area contributed by atoms with Crippen LogP contribution in [-0.2, 0) is 5.11 Å². The number of hydrogen-bond donors (Lipinski definition) is 0. The van der Waals surface area contributed by atoms with Crippen molar-refractivity contribution < 1.29 is 5.11 Å². The van der Waals surface area contributed by atoms with Crippen molar-refractivity contribution in [2.75, 3.05) is 6.61 Å². The van der Waals surface area contributed by atoms with Gasteiger partial charge in [0, 0.05) is 0 Å². The van der Waals surface area contributed by atoms with Crippen LogP contribution >= 0.6 is 0 Å². The van der Waals surface area contributed by atoms with Crippen LogP contribution in [0.5, 0.6) is 0 Å². The van der Waals surface area contributed by atoms with E-state index in [9.17, 15) is 5.11 Å². The van der Waals surface area contributed by atoms with Crippen molar-refractivity contribution in [3.63, 3.8) is 0 Å². The molecule has 0 bridgehead atoms. The molecule has 1 nitrogen and oxygen atoms in total. The Balaban J connectivity index is 2.17. The summed E-state index contributed by atoms with van der Waals surface area (Å²) in [7, 11) is 0. The molecule has 1 rings (SSSR count). The summed E-state index contributed by atoms with van der Waals surface area (Å²) in [5.74, 6) is 0.503. The van der Waals surface area contributed by atoms with Crippen LogP contribution in [-0.4, -0.2) is 6.61 Å². The first-order valence-corrected chi connectivity index (χ1v) is 5.51. The predicted octanol–water partition coefficient (Wildman–Crippen LogP) is 3.56. The monoisotopic (exact) mass is 169 g/mol. The van der Waals surface area contributed by atoms with Gasteiger partial charge in [0.15, 0.2) is 0 Å². The van der Waals surface area contributed by atoms with Gasteiger partial charge in [-0.25, -0.2) is 5.11 Å². The van der Waals surface area contributed by atoms with E-state index in [0.717, 1.165) is 0 Å². The van der Waals surface area contributed by atoms with Gasteiger partial charge >= 0.3 is 0 Å². The third kappa shape index (κ3) is 4.10. The highest BCUT2D eigenvalue weighted by atomic mass is 16.3. The molecule has 0 aromatic carbocycles. The molecule has 1 saturated carbocycles. The Morgan fingerprint density at radius 2 is 1.17 bits per heavy atom. The standard InChI is InChI=1S/C11H21O/c12-10-11-8-6-4-2-1-3-5-7-9-11/h11H,1-10H2. The van der Waals surface area contributed by atoms with Crippen LogP contribution in [0.4, 0.5) is 0 Å². The molecule has 0 spiro atoms. The first kappa shape index (κ1) is 10.0. The van der Waals surface area contributed by atoms with Crippen LogP contribution in [0.1, 0.15) is 57.8 Å². The Morgan fingerprint density at radius 3 is 1.58 bits per heavy atom. The summed E-state index contributed by atoms with van der Waals surface area (Å²) < 4.78 is 0. The summed E-state index contributed by atoms with van der Waals surface area (Å²) in [6, 6.07) is 0. The van der Waals surface area contributed by atoms with Crippen LogP contribution in [0.15, 0.2) is 0 Å². The smallest absolute Gasteiger partial charge is 0.0850 e. The second-order valence-electron chi connectivity index (χ2n) is 4.08. The van der Waals surface area contributed by atoms with Crippen molar-refractivity contribution in [2.45, 2.75) is 57.8 Å². The molecule has 0 atom stereocenters. The molecule has 0 aromatic heterocycles. The van der Waals surface area contributed by atoms with Crippen molar-refractivity contribution in [2.24, 2.45) is 5.92 Å². The van der Waals surface area contributed by atoms with Gasteiger partial charge in [-0.3, -0.25) is 0 Å². The lowest BCUT2D eigenvalue weighted by molar-refractivity contribution is 0.129. The summed E-state index contributed by atoms with van der Waals surface area (Å²) in [6.45, 7) is 0.167. The summed E-state index contributed by atoms with van der Waals surface area (Å²) >= 11 is 0. The molecule has 71 valence electrons. The second-order valence-corrected chi connectivity index (χ2v) is 4.08. The maximum Gasteiger partial charge on any atom is 0.0850 e. The van der Waals surface area contributed by atoms with Gasteiger partial charge in [-0.1, -0.05) is 44.9 Å². The van der Waals surface area contributed by atoms with E-state index in [0.29, 0.717) is 5.92 Å². The van der Waals surface area contributed by atoms with Crippen molar-refractivity contribution >= 4 is 0 Å². The Hall–Kier alpha value is -0.0400. The topological polar surface area (TPSA) is 19.9 Å². The largest absolute Gasteiger partial charge is 0.236 e. The van der Waals surface area contributed by atoms with E-state index < -0.39 is 0 Å². The van der Waals surface area contributed by atoms with E-state index in [4.69, 9.17) is 0 Å². The summed E-state index contributed by atoms with van der Waals surface area (Å²) in [5.41, 5.74) is 0. The number of hydrogen-bond acceptors (Lipinski definition) is 0. The van der Waals surface area contributed by atoms with Gasteiger partial charge in [0.05, 0.1) is 6.61 Å². The highest BCUT2D eigenvalue weighted by Gasteiger charge is 2.08. The highest BCUT2D eigenvalue weighted by molar-refractivity contribution is 4.60. The minimum absolute atomic E-state index is 0.167. The lowest BCUT2D eigenvalue weighted by Crippen LogP contribution is -2.05. The molecular weight excluding hydrogens is 148 g/mol. The Labute approximate surface area is 76.2 Å². The molecule has 0 unspecified atom stereocenters. The molecule has 1 radical (unpaired) electrons. The van der Waals surface area contributed by atoms with Gasteiger partial charge in [-0.15, -0.1) is 0 Å². The van der Waals surface area contributed by atoms with Crippen molar-refractivity contribution in [1.29, 1.82) is 0 Å². The van der Waals surface area contributed by atoms with Crippen LogP contribution in [0.3, 0.4) is 0 Å². The van der Waals surface area contributed by atoms with E-state index in [1.807, 2.05) is 0 Å². The zero-order valence-electron chi connectivity index (χ0n) is 8.06. The average molecular weight is 169 g/mol. The van der Waals surface area contributed by atoms with Gasteiger partial charge in [0.2, 0.25) is 0 Å². The fourth-order valence-corrected chi connectivity index (χ4v) is 2.06. The molecule has 0 aromatic rings. The quantitative estimate of drug-likeness (QED) is 0.572. The van der Waals surface area contributed by atoms with E-state index in [1.165, 1.54) is 57.8 Å². The molecule has 1 heteroatoms. The van der Waals surface area contributed by atoms with Gasteiger partial charge < -0.3 is 0 Å². The van der Waals surface area contributed by atoms with Crippen molar-refractivity contribution in [3.05, 3.63) is 0 Å². The molecule has 1 aliphatic rings. The van der Waals surface area contributed by atoms with Gasteiger partial charge in [-0.2, -0.15) is 0 Å². The Bertz CT molecular complexity index is 91.2. The normalized spacial score (nSPS) is 23.8. The van der Waals surface area contributed by atoms with Gasteiger partial charge in [0.1, 0.15) is 0 Å². The van der Waals surface area contributed by atoms with Crippen LogP contribution in [0.2, 0.25) is 0 Å². The fourth-order valence-electron chi connectivity index (χ4n) is 2.06. The van der Waals surface area contributed by atoms with Crippen molar-refractivity contribution in [3.8, 4) is 0 Å². The highest BCUT2D eigenvalue weighted by Crippen LogP contribution is 2.20. The molecule has 0 aliphatic heterocycles. The SMILES string of the molecule is [O]CC1CCCCCCCCC1. The van der Waals surface area contributed by atoms with E-state index >= 15 is 0 Å². The minimum Gasteiger partial charge on any atom is -0.236 e. The Morgan fingerprint density at radius 1 is 0.750 bits per heavy atom. The van der Waals surface area contributed by atoms with Crippen LogP contribution in [0, 0.1) is 5.92 Å². The van der Waals surface area contributed by atoms with E-state index in [2.05, 4.69) is 0 Å². The van der Waals surface area contributed by atoms with E-state index in [1.54, 1.807) is 0 Å². The van der Waals surface area contributed by atoms with E-state index in [-0.39, 0.29) is 6.61 Å². The average Bonchev–Trinajstić information content (AvgIpc) is 2.14. The molecular formula is C11H21O. The minimum atomic E-state index is 0.167. The van der Waals surface area contributed by atoms with Gasteiger partial charge in [-0.05, 0) is 18.8 Å². The fraction of sp³-hybridized carbons (Fsp3) is 1.00. The van der Waals surface area contributed by atoms with Crippen LogP contribution in [0.25, 0.3) is 0 Å². The number of rotatable bonds is 1.